The first kappa shape index (κ1) is 20.4. The van der Waals surface area contributed by atoms with E-state index in [1.54, 1.807) is 18.2 Å². The number of hydrogen-bond donors (Lipinski definition) is 2. The molecule has 0 fully saturated rings. The molecule has 1 amide bonds. The van der Waals surface area contributed by atoms with Crippen LogP contribution in [0.5, 0.6) is 17.2 Å². The normalized spacial score (nSPS) is 10.6. The largest absolute Gasteiger partial charge is 0.493 e. The zero-order valence-electron chi connectivity index (χ0n) is 15.6. The van der Waals surface area contributed by atoms with Crippen LogP contribution in [0.2, 0.25) is 5.02 Å². The van der Waals surface area contributed by atoms with E-state index in [0.29, 0.717) is 27.8 Å². The molecular formula is C19H22ClN3O4. The number of methoxy groups -OCH3 is 3. The maximum Gasteiger partial charge on any atom is 0.259 e. The molecule has 0 spiro atoms. The lowest BCUT2D eigenvalue weighted by Gasteiger charge is -2.12. The van der Waals surface area contributed by atoms with Crippen LogP contribution in [0.1, 0.15) is 11.1 Å². The summed E-state index contributed by atoms with van der Waals surface area (Å²) in [5.74, 6) is 1.21. The topological polar surface area (TPSA) is 81.2 Å². The van der Waals surface area contributed by atoms with Crippen LogP contribution in [0.15, 0.2) is 35.4 Å². The summed E-state index contributed by atoms with van der Waals surface area (Å²) in [5.41, 5.74) is 4.94. The standard InChI is InChI=1S/C19H22ClN3O4/c1-12-7-14(20)5-6-15(12)21-11-18(24)23-22-10-13-8-16(25-2)19(27-4)17(9-13)26-3/h5-10,21H,11H2,1-4H3,(H,23,24)/b22-10+. The van der Waals surface area contributed by atoms with Crippen molar-refractivity contribution in [1.82, 2.24) is 5.43 Å². The average Bonchev–Trinajstić information content (AvgIpc) is 2.66. The number of hydrazone groups is 1. The zero-order chi connectivity index (χ0) is 19.8. The van der Waals surface area contributed by atoms with Gasteiger partial charge < -0.3 is 19.5 Å². The Morgan fingerprint density at radius 3 is 2.33 bits per heavy atom. The van der Waals surface area contributed by atoms with Gasteiger partial charge in [0.25, 0.3) is 5.91 Å². The van der Waals surface area contributed by atoms with Gasteiger partial charge in [0.2, 0.25) is 5.75 Å². The maximum atomic E-state index is 11.9. The van der Waals surface area contributed by atoms with Gasteiger partial charge in [0.1, 0.15) is 0 Å². The smallest absolute Gasteiger partial charge is 0.259 e. The van der Waals surface area contributed by atoms with Crippen molar-refractivity contribution in [3.63, 3.8) is 0 Å². The van der Waals surface area contributed by atoms with Gasteiger partial charge in [-0.25, -0.2) is 5.43 Å². The first-order chi connectivity index (χ1) is 13.0. The van der Waals surface area contributed by atoms with Crippen LogP contribution in [-0.4, -0.2) is 40.0 Å². The van der Waals surface area contributed by atoms with Crippen LogP contribution in [0.25, 0.3) is 0 Å². The molecule has 0 saturated carbocycles. The highest BCUT2D eigenvalue weighted by atomic mass is 35.5. The molecule has 7 nitrogen and oxygen atoms in total. The average molecular weight is 392 g/mol. The zero-order valence-corrected chi connectivity index (χ0v) is 16.4. The Morgan fingerprint density at radius 2 is 1.78 bits per heavy atom. The number of nitrogens with one attached hydrogen (secondary N) is 2. The predicted octanol–water partition coefficient (Wildman–Crippen LogP) is 3.24. The molecule has 0 aliphatic carbocycles. The minimum atomic E-state index is -0.284. The second-order valence-electron chi connectivity index (χ2n) is 5.56. The predicted molar refractivity (Wildman–Crippen MR) is 107 cm³/mol. The molecule has 27 heavy (non-hydrogen) atoms. The van der Waals surface area contributed by atoms with Gasteiger partial charge in [-0.15, -0.1) is 0 Å². The first-order valence-corrected chi connectivity index (χ1v) is 8.48. The molecule has 0 aliphatic heterocycles. The number of nitrogens with zero attached hydrogens (tertiary/aromatic N) is 1. The lowest BCUT2D eigenvalue weighted by atomic mass is 10.2. The summed E-state index contributed by atoms with van der Waals surface area (Å²) < 4.78 is 15.8. The number of aryl methyl sites for hydroxylation is 1. The van der Waals surface area contributed by atoms with Crippen molar-refractivity contribution in [2.75, 3.05) is 33.2 Å². The molecule has 0 bridgehead atoms. The molecule has 2 aromatic carbocycles. The van der Waals surface area contributed by atoms with Crippen LogP contribution in [-0.2, 0) is 4.79 Å². The van der Waals surface area contributed by atoms with Crippen molar-refractivity contribution >= 4 is 29.4 Å². The highest BCUT2D eigenvalue weighted by Crippen LogP contribution is 2.37. The third kappa shape index (κ3) is 5.52. The maximum absolute atomic E-state index is 11.9. The second kappa shape index (κ2) is 9.68. The first-order valence-electron chi connectivity index (χ1n) is 8.10. The van der Waals surface area contributed by atoms with Crippen molar-refractivity contribution in [2.45, 2.75) is 6.92 Å². The highest BCUT2D eigenvalue weighted by Gasteiger charge is 2.12. The van der Waals surface area contributed by atoms with E-state index in [9.17, 15) is 4.79 Å². The fraction of sp³-hybridized carbons (Fsp3) is 0.263. The van der Waals surface area contributed by atoms with Gasteiger partial charge in [-0.2, -0.15) is 5.10 Å². The van der Waals surface area contributed by atoms with E-state index in [2.05, 4.69) is 15.8 Å². The molecule has 2 aromatic rings. The monoisotopic (exact) mass is 391 g/mol. The molecule has 0 atom stereocenters. The second-order valence-corrected chi connectivity index (χ2v) is 6.00. The number of halogens is 1. The fourth-order valence-corrected chi connectivity index (χ4v) is 2.62. The van der Waals surface area contributed by atoms with Crippen LogP contribution in [0.3, 0.4) is 0 Å². The molecule has 0 radical (unpaired) electrons. The quantitative estimate of drug-likeness (QED) is 0.533. The molecule has 2 rings (SSSR count). The van der Waals surface area contributed by atoms with Crippen molar-refractivity contribution in [3.05, 3.63) is 46.5 Å². The van der Waals surface area contributed by atoms with Crippen LogP contribution in [0, 0.1) is 6.92 Å². The summed E-state index contributed by atoms with van der Waals surface area (Å²) in [6, 6.07) is 8.87. The van der Waals surface area contributed by atoms with E-state index < -0.39 is 0 Å². The van der Waals surface area contributed by atoms with Crippen LogP contribution >= 0.6 is 11.6 Å². The third-order valence-electron chi connectivity index (χ3n) is 3.72. The number of anilines is 1. The van der Waals surface area contributed by atoms with E-state index in [4.69, 9.17) is 25.8 Å². The fourth-order valence-electron chi connectivity index (χ4n) is 2.40. The molecule has 0 unspecified atom stereocenters. The van der Waals surface area contributed by atoms with Gasteiger partial charge in [0.05, 0.1) is 34.1 Å². The van der Waals surface area contributed by atoms with Crippen LogP contribution in [0.4, 0.5) is 5.69 Å². The lowest BCUT2D eigenvalue weighted by molar-refractivity contribution is -0.119. The Morgan fingerprint density at radius 1 is 1.11 bits per heavy atom. The molecule has 0 aromatic heterocycles. The lowest BCUT2D eigenvalue weighted by Crippen LogP contribution is -2.26. The van der Waals surface area contributed by atoms with E-state index in [0.717, 1.165) is 11.3 Å². The van der Waals surface area contributed by atoms with Gasteiger partial charge in [0, 0.05) is 16.3 Å². The molecule has 0 aliphatic rings. The SMILES string of the molecule is COc1cc(/C=N/NC(=O)CNc2ccc(Cl)cc2C)cc(OC)c1OC. The van der Waals surface area contributed by atoms with Crippen LogP contribution < -0.4 is 25.0 Å². The number of ether oxygens (including phenoxy) is 3. The van der Waals surface area contributed by atoms with E-state index in [-0.39, 0.29) is 12.5 Å². The Hall–Kier alpha value is -2.93. The van der Waals surface area contributed by atoms with Gasteiger partial charge in [-0.1, -0.05) is 11.6 Å². The number of hydrogen-bond acceptors (Lipinski definition) is 6. The molecule has 0 saturated heterocycles. The van der Waals surface area contributed by atoms with E-state index in [1.807, 2.05) is 19.1 Å². The summed E-state index contributed by atoms with van der Waals surface area (Å²) in [4.78, 5) is 11.9. The molecular weight excluding hydrogens is 370 g/mol. The van der Waals surface area contributed by atoms with Gasteiger partial charge in [-0.05, 0) is 42.8 Å². The van der Waals surface area contributed by atoms with E-state index >= 15 is 0 Å². The summed E-state index contributed by atoms with van der Waals surface area (Å²) in [7, 11) is 4.60. The number of amides is 1. The minimum Gasteiger partial charge on any atom is -0.493 e. The Balaban J connectivity index is 1.97. The van der Waals surface area contributed by atoms with Crippen molar-refractivity contribution in [2.24, 2.45) is 5.10 Å². The summed E-state index contributed by atoms with van der Waals surface area (Å²) >= 11 is 5.92. The number of benzene rings is 2. The summed E-state index contributed by atoms with van der Waals surface area (Å²) in [6.07, 6.45) is 1.50. The van der Waals surface area contributed by atoms with Gasteiger partial charge >= 0.3 is 0 Å². The molecule has 8 heteroatoms. The molecule has 2 N–H and O–H groups in total. The Labute approximate surface area is 163 Å². The number of carbonyl (C=O) groups is 1. The van der Waals surface area contributed by atoms with Crippen molar-refractivity contribution < 1.29 is 19.0 Å². The van der Waals surface area contributed by atoms with Crippen molar-refractivity contribution in [1.29, 1.82) is 0 Å². The molecule has 144 valence electrons. The van der Waals surface area contributed by atoms with Gasteiger partial charge in [-0.3, -0.25) is 4.79 Å². The highest BCUT2D eigenvalue weighted by molar-refractivity contribution is 6.30. The number of rotatable bonds is 8. The molecule has 0 heterocycles. The summed E-state index contributed by atoms with van der Waals surface area (Å²) in [5, 5.41) is 7.65. The number of carbonyl (C=O) groups excluding carboxylic acids is 1. The van der Waals surface area contributed by atoms with Crippen molar-refractivity contribution in [3.8, 4) is 17.2 Å². The van der Waals surface area contributed by atoms with Gasteiger partial charge in [0.15, 0.2) is 11.5 Å². The Kier molecular flexibility index (Phi) is 7.31. The van der Waals surface area contributed by atoms with E-state index in [1.165, 1.54) is 27.5 Å². The Bertz CT molecular complexity index is 815. The third-order valence-corrected chi connectivity index (χ3v) is 3.95. The minimum absolute atomic E-state index is 0.0784. The summed E-state index contributed by atoms with van der Waals surface area (Å²) in [6.45, 7) is 1.99.